The average molecular weight is 211 g/mol. The summed E-state index contributed by atoms with van der Waals surface area (Å²) < 4.78 is 6.94. The van der Waals surface area contributed by atoms with Crippen LogP contribution in [0, 0.1) is 0 Å². The first-order valence-electron chi connectivity index (χ1n) is 4.88. The van der Waals surface area contributed by atoms with E-state index in [1.165, 1.54) is 0 Å². The summed E-state index contributed by atoms with van der Waals surface area (Å²) in [7, 11) is 1.77. The van der Waals surface area contributed by atoms with E-state index in [1.807, 2.05) is 20.8 Å². The van der Waals surface area contributed by atoms with Gasteiger partial charge in [-0.15, -0.1) is 5.10 Å². The molecule has 0 amide bonds. The number of carbonyl (C=O) groups excluding carboxylic acids is 1. The van der Waals surface area contributed by atoms with Crippen molar-refractivity contribution in [3.63, 3.8) is 0 Å². The summed E-state index contributed by atoms with van der Waals surface area (Å²) in [5, 5.41) is 7.59. The zero-order valence-corrected chi connectivity index (χ0v) is 9.65. The van der Waals surface area contributed by atoms with Gasteiger partial charge in [0.25, 0.3) is 0 Å². The predicted molar refractivity (Wildman–Crippen MR) is 55.4 cm³/mol. The molecule has 15 heavy (non-hydrogen) atoms. The molecule has 0 saturated carbocycles. The van der Waals surface area contributed by atoms with Gasteiger partial charge in [-0.25, -0.2) is 0 Å². The molecule has 0 unspecified atom stereocenters. The Morgan fingerprint density at radius 1 is 1.53 bits per heavy atom. The smallest absolute Gasteiger partial charge is 0.164 e. The molecule has 0 radical (unpaired) electrons. The lowest BCUT2D eigenvalue weighted by molar-refractivity contribution is -0.127. The van der Waals surface area contributed by atoms with Crippen molar-refractivity contribution in [1.29, 1.82) is 0 Å². The molecule has 1 aromatic rings. The number of ketones is 1. The fraction of sp³-hybridized carbons (Fsp3) is 0.700. The van der Waals surface area contributed by atoms with Crippen LogP contribution in [0.2, 0.25) is 0 Å². The molecule has 0 bridgehead atoms. The minimum absolute atomic E-state index is 0.0189. The van der Waals surface area contributed by atoms with Gasteiger partial charge in [-0.3, -0.25) is 9.48 Å². The lowest BCUT2D eigenvalue weighted by Crippen LogP contribution is -2.24. The van der Waals surface area contributed by atoms with Crippen molar-refractivity contribution >= 4 is 5.78 Å². The first-order valence-corrected chi connectivity index (χ1v) is 4.88. The van der Waals surface area contributed by atoms with Crippen LogP contribution < -0.4 is 0 Å². The van der Waals surface area contributed by atoms with E-state index in [9.17, 15) is 4.79 Å². The first kappa shape index (κ1) is 11.8. The van der Waals surface area contributed by atoms with Gasteiger partial charge in [0.15, 0.2) is 5.78 Å². The quantitative estimate of drug-likeness (QED) is 0.737. The van der Waals surface area contributed by atoms with Crippen molar-refractivity contribution in [3.8, 4) is 0 Å². The highest BCUT2D eigenvalue weighted by atomic mass is 16.5. The summed E-state index contributed by atoms with van der Waals surface area (Å²) in [5.74, 6) is 0.0189. The van der Waals surface area contributed by atoms with Crippen molar-refractivity contribution in [2.45, 2.75) is 32.8 Å². The summed E-state index contributed by atoms with van der Waals surface area (Å²) in [5.41, 5.74) is 0.401. The molecule has 1 aromatic heterocycles. The average Bonchev–Trinajstić information content (AvgIpc) is 2.47. The Kier molecular flexibility index (Phi) is 3.57. The van der Waals surface area contributed by atoms with Crippen LogP contribution in [-0.4, -0.2) is 33.0 Å². The van der Waals surface area contributed by atoms with E-state index in [2.05, 4.69) is 10.3 Å². The zero-order valence-electron chi connectivity index (χ0n) is 9.65. The molecule has 0 aliphatic rings. The third-order valence-corrected chi connectivity index (χ3v) is 1.69. The number of carbonyl (C=O) groups is 1. The van der Waals surface area contributed by atoms with Gasteiger partial charge < -0.3 is 4.74 Å². The van der Waals surface area contributed by atoms with Gasteiger partial charge in [0.1, 0.15) is 6.61 Å². The van der Waals surface area contributed by atoms with E-state index < -0.39 is 0 Å². The van der Waals surface area contributed by atoms with E-state index in [0.717, 1.165) is 0 Å². The van der Waals surface area contributed by atoms with Gasteiger partial charge in [-0.1, -0.05) is 5.21 Å². The van der Waals surface area contributed by atoms with Gasteiger partial charge >= 0.3 is 0 Å². The number of aromatic nitrogens is 3. The summed E-state index contributed by atoms with van der Waals surface area (Å²) >= 11 is 0. The van der Waals surface area contributed by atoms with Gasteiger partial charge in [-0.05, 0) is 20.8 Å². The predicted octanol–water partition coefficient (Wildman–Crippen LogP) is 0.742. The molecule has 0 aromatic carbocycles. The number of Topliss-reactive ketones (excluding diaryl/α,β-unsaturated/α-hetero) is 1. The molecular formula is C10H17N3O2. The third-order valence-electron chi connectivity index (χ3n) is 1.69. The second kappa shape index (κ2) is 4.53. The van der Waals surface area contributed by atoms with Crippen LogP contribution in [0.4, 0.5) is 0 Å². The summed E-state index contributed by atoms with van der Waals surface area (Å²) in [6.45, 7) is 5.88. The monoisotopic (exact) mass is 211 g/mol. The van der Waals surface area contributed by atoms with Crippen LogP contribution in [0.3, 0.4) is 0 Å². The van der Waals surface area contributed by atoms with Crippen molar-refractivity contribution < 1.29 is 9.53 Å². The molecule has 0 aliphatic carbocycles. The Bertz CT molecular complexity index is 339. The third kappa shape index (κ3) is 4.69. The number of rotatable bonds is 4. The van der Waals surface area contributed by atoms with Crippen molar-refractivity contribution in [2.75, 3.05) is 6.61 Å². The fourth-order valence-corrected chi connectivity index (χ4v) is 1.03. The van der Waals surface area contributed by atoms with Crippen LogP contribution in [0.15, 0.2) is 6.20 Å². The number of ether oxygens (including phenoxy) is 1. The molecule has 84 valence electrons. The molecule has 5 nitrogen and oxygen atoms in total. The Balaban J connectivity index is 2.37. The van der Waals surface area contributed by atoms with Crippen molar-refractivity contribution in [1.82, 2.24) is 15.0 Å². The normalized spacial score (nSPS) is 11.7. The number of hydrogen-bond donors (Lipinski definition) is 0. The van der Waals surface area contributed by atoms with Crippen LogP contribution in [0.1, 0.15) is 26.5 Å². The SMILES string of the molecule is Cn1cc(CC(=O)COC(C)(C)C)nn1. The highest BCUT2D eigenvalue weighted by Crippen LogP contribution is 2.06. The van der Waals surface area contributed by atoms with E-state index in [4.69, 9.17) is 4.74 Å². The van der Waals surface area contributed by atoms with Gasteiger partial charge in [0, 0.05) is 13.2 Å². The summed E-state index contributed by atoms with van der Waals surface area (Å²) in [4.78, 5) is 11.5. The minimum atomic E-state index is -0.280. The molecule has 0 saturated heterocycles. The summed E-state index contributed by atoms with van der Waals surface area (Å²) in [6, 6.07) is 0. The van der Waals surface area contributed by atoms with Gasteiger partial charge in [0.2, 0.25) is 0 Å². The molecule has 0 N–H and O–H groups in total. The first-order chi connectivity index (χ1) is 6.87. The minimum Gasteiger partial charge on any atom is -0.368 e. The second-order valence-corrected chi connectivity index (χ2v) is 4.50. The molecule has 1 rings (SSSR count). The Morgan fingerprint density at radius 2 is 2.20 bits per heavy atom. The molecule has 0 aliphatic heterocycles. The van der Waals surface area contributed by atoms with E-state index in [-0.39, 0.29) is 24.4 Å². The number of aryl methyl sites for hydroxylation is 1. The Hall–Kier alpha value is -1.23. The molecular weight excluding hydrogens is 194 g/mol. The Morgan fingerprint density at radius 3 is 2.67 bits per heavy atom. The summed E-state index contributed by atoms with van der Waals surface area (Å²) in [6.07, 6.45) is 2.01. The largest absolute Gasteiger partial charge is 0.368 e. The van der Waals surface area contributed by atoms with E-state index >= 15 is 0 Å². The maximum absolute atomic E-state index is 11.5. The maximum Gasteiger partial charge on any atom is 0.164 e. The lowest BCUT2D eigenvalue weighted by atomic mass is 10.2. The lowest BCUT2D eigenvalue weighted by Gasteiger charge is -2.18. The van der Waals surface area contributed by atoms with Crippen LogP contribution in [0.5, 0.6) is 0 Å². The molecule has 0 atom stereocenters. The standard InChI is InChI=1S/C10H17N3O2/c1-10(2,3)15-7-9(14)5-8-6-13(4)12-11-8/h6H,5,7H2,1-4H3. The fourth-order valence-electron chi connectivity index (χ4n) is 1.03. The van der Waals surface area contributed by atoms with Crippen molar-refractivity contribution in [3.05, 3.63) is 11.9 Å². The Labute approximate surface area is 89.4 Å². The van der Waals surface area contributed by atoms with Gasteiger partial charge in [0.05, 0.1) is 17.7 Å². The van der Waals surface area contributed by atoms with Crippen LogP contribution in [0.25, 0.3) is 0 Å². The number of hydrogen-bond acceptors (Lipinski definition) is 4. The maximum atomic E-state index is 11.5. The van der Waals surface area contributed by atoms with Crippen molar-refractivity contribution in [2.24, 2.45) is 7.05 Å². The molecule has 0 fully saturated rings. The molecule has 1 heterocycles. The highest BCUT2D eigenvalue weighted by molar-refractivity contribution is 5.81. The van der Waals surface area contributed by atoms with Crippen LogP contribution >= 0.6 is 0 Å². The van der Waals surface area contributed by atoms with Gasteiger partial charge in [-0.2, -0.15) is 0 Å². The molecule has 0 spiro atoms. The molecule has 5 heteroatoms. The van der Waals surface area contributed by atoms with Crippen LogP contribution in [-0.2, 0) is 23.0 Å². The zero-order chi connectivity index (χ0) is 11.5. The number of nitrogens with zero attached hydrogens (tertiary/aromatic N) is 3. The van der Waals surface area contributed by atoms with E-state index in [0.29, 0.717) is 5.69 Å². The second-order valence-electron chi connectivity index (χ2n) is 4.50. The van der Waals surface area contributed by atoms with E-state index in [1.54, 1.807) is 17.9 Å². The topological polar surface area (TPSA) is 57.0 Å². The highest BCUT2D eigenvalue weighted by Gasteiger charge is 2.14.